The summed E-state index contributed by atoms with van der Waals surface area (Å²) in [5.74, 6) is -2.38. The van der Waals surface area contributed by atoms with Crippen molar-refractivity contribution in [3.05, 3.63) is 35.4 Å². The van der Waals surface area contributed by atoms with Gasteiger partial charge < -0.3 is 15.7 Å². The van der Waals surface area contributed by atoms with E-state index in [0.29, 0.717) is 12.8 Å². The van der Waals surface area contributed by atoms with Crippen molar-refractivity contribution in [3.8, 4) is 0 Å². The van der Waals surface area contributed by atoms with Crippen LogP contribution in [0.15, 0.2) is 18.2 Å². The first-order valence-corrected chi connectivity index (χ1v) is 6.65. The first kappa shape index (κ1) is 16.9. The van der Waals surface area contributed by atoms with Gasteiger partial charge in [-0.2, -0.15) is 0 Å². The fourth-order valence-corrected chi connectivity index (χ4v) is 1.73. The van der Waals surface area contributed by atoms with E-state index in [4.69, 9.17) is 5.11 Å². The number of nitrogens with one attached hydrogen (secondary N) is 2. The second kappa shape index (κ2) is 8.18. The molecule has 0 aliphatic heterocycles. The van der Waals surface area contributed by atoms with Gasteiger partial charge in [0.05, 0.1) is 0 Å². The summed E-state index contributed by atoms with van der Waals surface area (Å²) < 4.78 is 26.3. The summed E-state index contributed by atoms with van der Waals surface area (Å²) in [5.41, 5.74) is -0.00872. The molecule has 3 N–H and O–H groups in total. The molecule has 1 atom stereocenters. The first-order valence-electron chi connectivity index (χ1n) is 6.65. The Kier molecular flexibility index (Phi) is 6.58. The Balaban J connectivity index is 2.52. The van der Waals surface area contributed by atoms with Crippen LogP contribution in [0.3, 0.4) is 0 Å². The van der Waals surface area contributed by atoms with Crippen LogP contribution in [-0.2, 0) is 11.3 Å². The van der Waals surface area contributed by atoms with Gasteiger partial charge in [-0.25, -0.2) is 18.4 Å². The number of carboxylic acids is 1. The van der Waals surface area contributed by atoms with Crippen molar-refractivity contribution in [1.82, 2.24) is 10.6 Å². The summed E-state index contributed by atoms with van der Waals surface area (Å²) in [6, 6.07) is 1.18. The van der Waals surface area contributed by atoms with Gasteiger partial charge in [-0.05, 0) is 24.6 Å². The number of rotatable bonds is 7. The van der Waals surface area contributed by atoms with Gasteiger partial charge in [-0.3, -0.25) is 0 Å². The largest absolute Gasteiger partial charge is 0.480 e. The third-order valence-electron chi connectivity index (χ3n) is 2.90. The normalized spacial score (nSPS) is 11.8. The summed E-state index contributed by atoms with van der Waals surface area (Å²) >= 11 is 0. The predicted molar refractivity (Wildman–Crippen MR) is 72.7 cm³/mol. The zero-order valence-corrected chi connectivity index (χ0v) is 11.7. The summed E-state index contributed by atoms with van der Waals surface area (Å²) in [6.07, 6.45) is 1.78. The van der Waals surface area contributed by atoms with Gasteiger partial charge in [-0.15, -0.1) is 0 Å². The number of benzene rings is 1. The maximum atomic E-state index is 13.3. The Labute approximate surface area is 121 Å². The van der Waals surface area contributed by atoms with Crippen LogP contribution in [0.1, 0.15) is 31.7 Å². The van der Waals surface area contributed by atoms with Crippen LogP contribution in [0, 0.1) is 11.6 Å². The topological polar surface area (TPSA) is 78.4 Å². The van der Waals surface area contributed by atoms with E-state index in [0.717, 1.165) is 24.6 Å². The maximum absolute atomic E-state index is 13.3. The second-order valence-electron chi connectivity index (χ2n) is 4.60. The van der Waals surface area contributed by atoms with Crippen molar-refractivity contribution in [2.75, 3.05) is 0 Å². The molecule has 0 aliphatic carbocycles. The van der Waals surface area contributed by atoms with Crippen molar-refractivity contribution >= 4 is 12.0 Å². The molecule has 7 heteroatoms. The molecule has 116 valence electrons. The number of unbranched alkanes of at least 4 members (excludes halogenated alkanes) is 1. The fraction of sp³-hybridized carbons (Fsp3) is 0.429. The lowest BCUT2D eigenvalue weighted by Crippen LogP contribution is -2.45. The lowest BCUT2D eigenvalue weighted by atomic mass is 10.1. The minimum Gasteiger partial charge on any atom is -0.480 e. The van der Waals surface area contributed by atoms with Gasteiger partial charge >= 0.3 is 12.0 Å². The fourth-order valence-electron chi connectivity index (χ4n) is 1.73. The van der Waals surface area contributed by atoms with Gasteiger partial charge in [0.25, 0.3) is 0 Å². The zero-order valence-electron chi connectivity index (χ0n) is 11.7. The van der Waals surface area contributed by atoms with Gasteiger partial charge in [0.2, 0.25) is 0 Å². The monoisotopic (exact) mass is 300 g/mol. The van der Waals surface area contributed by atoms with E-state index >= 15 is 0 Å². The van der Waals surface area contributed by atoms with Crippen molar-refractivity contribution in [2.45, 2.75) is 38.8 Å². The number of urea groups is 1. The quantitative estimate of drug-likeness (QED) is 0.723. The molecule has 5 nitrogen and oxygen atoms in total. The number of carboxylic acid groups (broad SMARTS) is 1. The number of hydrogen-bond donors (Lipinski definition) is 3. The Bertz CT molecular complexity index is 509. The molecule has 0 bridgehead atoms. The molecular weight excluding hydrogens is 282 g/mol. The van der Waals surface area contributed by atoms with Crippen molar-refractivity contribution < 1.29 is 23.5 Å². The highest BCUT2D eigenvalue weighted by Gasteiger charge is 2.19. The smallest absolute Gasteiger partial charge is 0.326 e. The Morgan fingerprint density at radius 3 is 2.67 bits per heavy atom. The molecule has 1 aromatic rings. The molecular formula is C14H18F2N2O3. The van der Waals surface area contributed by atoms with Gasteiger partial charge in [0, 0.05) is 12.1 Å². The Morgan fingerprint density at radius 2 is 2.05 bits per heavy atom. The van der Waals surface area contributed by atoms with Crippen molar-refractivity contribution in [2.24, 2.45) is 0 Å². The number of carbonyl (C=O) groups excluding carboxylic acids is 1. The number of halogens is 2. The number of amides is 2. The van der Waals surface area contributed by atoms with E-state index in [-0.39, 0.29) is 12.1 Å². The molecule has 0 aromatic heterocycles. The van der Waals surface area contributed by atoms with E-state index < -0.39 is 29.7 Å². The average Bonchev–Trinajstić information content (AvgIpc) is 2.44. The molecule has 0 fully saturated rings. The number of aliphatic carboxylic acids is 1. The van der Waals surface area contributed by atoms with Crippen LogP contribution in [-0.4, -0.2) is 23.1 Å². The number of hydrogen-bond acceptors (Lipinski definition) is 2. The highest BCUT2D eigenvalue weighted by atomic mass is 19.1. The molecule has 1 aromatic carbocycles. The van der Waals surface area contributed by atoms with E-state index in [2.05, 4.69) is 10.6 Å². The molecule has 0 heterocycles. The SMILES string of the molecule is CCCCC(NC(=O)NCc1cc(F)ccc1F)C(=O)O. The van der Waals surface area contributed by atoms with Crippen molar-refractivity contribution in [3.63, 3.8) is 0 Å². The highest BCUT2D eigenvalue weighted by Crippen LogP contribution is 2.09. The lowest BCUT2D eigenvalue weighted by Gasteiger charge is -2.15. The Hall–Kier alpha value is -2.18. The molecule has 0 radical (unpaired) electrons. The zero-order chi connectivity index (χ0) is 15.8. The molecule has 1 unspecified atom stereocenters. The van der Waals surface area contributed by atoms with Crippen LogP contribution >= 0.6 is 0 Å². The molecule has 21 heavy (non-hydrogen) atoms. The molecule has 2 amide bonds. The third kappa shape index (κ3) is 5.76. The van der Waals surface area contributed by atoms with Crippen LogP contribution in [0.2, 0.25) is 0 Å². The summed E-state index contributed by atoms with van der Waals surface area (Å²) in [6.45, 7) is 1.68. The number of carbonyl (C=O) groups is 2. The molecule has 0 saturated carbocycles. The van der Waals surface area contributed by atoms with Gasteiger partial charge in [-0.1, -0.05) is 19.8 Å². The van der Waals surface area contributed by atoms with E-state index in [1.807, 2.05) is 6.92 Å². The minimum atomic E-state index is -1.13. The van der Waals surface area contributed by atoms with Crippen LogP contribution in [0.5, 0.6) is 0 Å². The summed E-state index contributed by atoms with van der Waals surface area (Å²) in [5, 5.41) is 13.6. The van der Waals surface area contributed by atoms with Gasteiger partial charge in [0.15, 0.2) is 0 Å². The van der Waals surface area contributed by atoms with E-state index in [1.165, 1.54) is 0 Å². The van der Waals surface area contributed by atoms with Crippen LogP contribution in [0.4, 0.5) is 13.6 Å². The molecule has 0 aliphatic rings. The molecule has 0 saturated heterocycles. The minimum absolute atomic E-state index is 0.00872. The van der Waals surface area contributed by atoms with E-state index in [9.17, 15) is 18.4 Å². The van der Waals surface area contributed by atoms with Crippen LogP contribution in [0.25, 0.3) is 0 Å². The van der Waals surface area contributed by atoms with Gasteiger partial charge in [0.1, 0.15) is 17.7 Å². The first-order chi connectivity index (χ1) is 9.93. The second-order valence-corrected chi connectivity index (χ2v) is 4.60. The predicted octanol–water partition coefficient (Wildman–Crippen LogP) is 2.41. The highest BCUT2D eigenvalue weighted by molar-refractivity contribution is 5.82. The van der Waals surface area contributed by atoms with Crippen molar-refractivity contribution in [1.29, 1.82) is 0 Å². The van der Waals surface area contributed by atoms with Crippen LogP contribution < -0.4 is 10.6 Å². The molecule has 1 rings (SSSR count). The third-order valence-corrected chi connectivity index (χ3v) is 2.90. The summed E-state index contributed by atoms with van der Waals surface area (Å²) in [7, 11) is 0. The van der Waals surface area contributed by atoms with E-state index in [1.54, 1.807) is 0 Å². The standard InChI is InChI=1S/C14H18F2N2O3/c1-2-3-4-12(13(19)20)18-14(21)17-8-9-7-10(15)5-6-11(9)16/h5-7,12H,2-4,8H2,1H3,(H,19,20)(H2,17,18,21). The average molecular weight is 300 g/mol. The maximum Gasteiger partial charge on any atom is 0.326 e. The lowest BCUT2D eigenvalue weighted by molar-refractivity contribution is -0.139. The molecule has 0 spiro atoms. The Morgan fingerprint density at radius 1 is 1.33 bits per heavy atom. The summed E-state index contributed by atoms with van der Waals surface area (Å²) in [4.78, 5) is 22.6.